The summed E-state index contributed by atoms with van der Waals surface area (Å²) >= 11 is 0. The third-order valence-corrected chi connectivity index (χ3v) is 4.48. The summed E-state index contributed by atoms with van der Waals surface area (Å²) in [4.78, 5) is 0. The van der Waals surface area contributed by atoms with Crippen molar-refractivity contribution in [3.05, 3.63) is 24.3 Å². The molecule has 0 bridgehead atoms. The predicted molar refractivity (Wildman–Crippen MR) is 74.2 cm³/mol. The molecular formula is C12H20N2O3S. The molecule has 0 aromatic heterocycles. The molecule has 102 valence electrons. The zero-order chi connectivity index (χ0) is 13.6. The second-order valence-electron chi connectivity index (χ2n) is 3.92. The van der Waals surface area contributed by atoms with Crippen LogP contribution >= 0.6 is 0 Å². The molecule has 0 unspecified atom stereocenters. The van der Waals surface area contributed by atoms with E-state index in [1.165, 1.54) is 4.31 Å². The van der Waals surface area contributed by atoms with Crippen LogP contribution in [0.25, 0.3) is 0 Å². The Labute approximate surface area is 109 Å². The number of nitrogen functional groups attached to an aromatic ring is 1. The first-order valence-electron chi connectivity index (χ1n) is 5.86. The average molecular weight is 272 g/mol. The smallest absolute Gasteiger partial charge is 0.235 e. The molecule has 0 aliphatic carbocycles. The van der Waals surface area contributed by atoms with Crippen molar-refractivity contribution < 1.29 is 13.2 Å². The lowest BCUT2D eigenvalue weighted by Gasteiger charge is -2.23. The number of anilines is 2. The molecule has 0 amide bonds. The molecule has 0 spiro atoms. The first kappa shape index (κ1) is 14.8. The fourth-order valence-corrected chi connectivity index (χ4v) is 3.25. The zero-order valence-corrected chi connectivity index (χ0v) is 11.6. The Morgan fingerprint density at radius 2 is 2.11 bits per heavy atom. The number of nitrogens with two attached hydrogens (primary N) is 1. The number of rotatable bonds is 7. The molecular weight excluding hydrogens is 252 g/mol. The third kappa shape index (κ3) is 3.89. The highest BCUT2D eigenvalue weighted by Gasteiger charge is 2.20. The van der Waals surface area contributed by atoms with Gasteiger partial charge in [0.05, 0.1) is 11.4 Å². The van der Waals surface area contributed by atoms with Crippen LogP contribution in [0.2, 0.25) is 0 Å². The molecule has 0 aliphatic rings. The summed E-state index contributed by atoms with van der Waals surface area (Å²) in [5, 5.41) is 0. The van der Waals surface area contributed by atoms with Crippen LogP contribution in [0.15, 0.2) is 24.3 Å². The van der Waals surface area contributed by atoms with Gasteiger partial charge in [0.15, 0.2) is 0 Å². The van der Waals surface area contributed by atoms with Crippen LogP contribution in [0.1, 0.15) is 13.3 Å². The lowest BCUT2D eigenvalue weighted by molar-refractivity contribution is 0.199. The maximum absolute atomic E-state index is 12.2. The summed E-state index contributed by atoms with van der Waals surface area (Å²) in [5.74, 6) is 0.0729. The number of sulfonamides is 1. The van der Waals surface area contributed by atoms with Gasteiger partial charge in [-0.15, -0.1) is 0 Å². The second kappa shape index (κ2) is 6.61. The van der Waals surface area contributed by atoms with E-state index in [1.807, 2.05) is 0 Å². The molecule has 0 saturated heterocycles. The molecule has 0 aliphatic heterocycles. The Morgan fingerprint density at radius 3 is 2.67 bits per heavy atom. The van der Waals surface area contributed by atoms with Crippen molar-refractivity contribution in [3.8, 4) is 0 Å². The molecule has 0 heterocycles. The molecule has 0 saturated carbocycles. The van der Waals surface area contributed by atoms with Crippen LogP contribution in [-0.4, -0.2) is 34.4 Å². The number of ether oxygens (including phenoxy) is 1. The summed E-state index contributed by atoms with van der Waals surface area (Å²) < 4.78 is 30.6. The normalized spacial score (nSPS) is 11.4. The van der Waals surface area contributed by atoms with Crippen molar-refractivity contribution in [2.24, 2.45) is 0 Å². The quantitative estimate of drug-likeness (QED) is 0.602. The maximum Gasteiger partial charge on any atom is 0.235 e. The van der Waals surface area contributed by atoms with Crippen LogP contribution in [0.5, 0.6) is 0 Å². The molecule has 0 atom stereocenters. The Bertz CT molecular complexity index is 474. The lowest BCUT2D eigenvalue weighted by Crippen LogP contribution is -2.33. The lowest BCUT2D eigenvalue weighted by atomic mass is 10.3. The van der Waals surface area contributed by atoms with Gasteiger partial charge in [-0.3, -0.25) is 4.31 Å². The van der Waals surface area contributed by atoms with Gasteiger partial charge in [-0.05, 0) is 31.5 Å². The molecule has 1 rings (SSSR count). The van der Waals surface area contributed by atoms with Gasteiger partial charge >= 0.3 is 0 Å². The van der Waals surface area contributed by atoms with E-state index in [1.54, 1.807) is 38.3 Å². The summed E-state index contributed by atoms with van der Waals surface area (Å²) in [7, 11) is -1.76. The highest BCUT2D eigenvalue weighted by molar-refractivity contribution is 7.92. The number of methoxy groups -OCH3 is 1. The van der Waals surface area contributed by atoms with E-state index in [-0.39, 0.29) is 5.75 Å². The van der Waals surface area contributed by atoms with E-state index in [9.17, 15) is 8.42 Å². The minimum absolute atomic E-state index is 0.0729. The first-order valence-corrected chi connectivity index (χ1v) is 7.47. The number of benzene rings is 1. The molecule has 1 aromatic rings. The fourth-order valence-electron chi connectivity index (χ4n) is 1.72. The minimum atomic E-state index is -3.32. The Balaban J connectivity index is 2.88. The van der Waals surface area contributed by atoms with E-state index >= 15 is 0 Å². The van der Waals surface area contributed by atoms with Crippen LogP contribution in [0.4, 0.5) is 11.4 Å². The Morgan fingerprint density at radius 1 is 1.39 bits per heavy atom. The molecule has 6 heteroatoms. The number of hydrogen-bond acceptors (Lipinski definition) is 4. The SMILES string of the molecule is CCN(c1cccc(N)c1)S(=O)(=O)CCCOC. The maximum atomic E-state index is 12.2. The highest BCUT2D eigenvalue weighted by Crippen LogP contribution is 2.21. The standard InChI is InChI=1S/C12H20N2O3S/c1-3-14(12-7-4-6-11(13)10-12)18(15,16)9-5-8-17-2/h4,6-7,10H,3,5,8-9,13H2,1-2H3. The predicted octanol–water partition coefficient (Wildman–Crippen LogP) is 1.46. The zero-order valence-electron chi connectivity index (χ0n) is 10.8. The van der Waals surface area contributed by atoms with Crippen LogP contribution in [0.3, 0.4) is 0 Å². The van der Waals surface area contributed by atoms with Crippen molar-refractivity contribution in [2.75, 3.05) is 36.1 Å². The minimum Gasteiger partial charge on any atom is -0.399 e. The summed E-state index contributed by atoms with van der Waals surface area (Å²) in [6.07, 6.45) is 0.484. The van der Waals surface area contributed by atoms with Gasteiger partial charge in [-0.25, -0.2) is 8.42 Å². The second-order valence-corrected chi connectivity index (χ2v) is 5.93. The highest BCUT2D eigenvalue weighted by atomic mass is 32.2. The van der Waals surface area contributed by atoms with E-state index in [0.717, 1.165) is 0 Å². The van der Waals surface area contributed by atoms with Gasteiger partial charge < -0.3 is 10.5 Å². The van der Waals surface area contributed by atoms with Gasteiger partial charge in [0, 0.05) is 25.9 Å². The number of nitrogens with zero attached hydrogens (tertiary/aromatic N) is 1. The van der Waals surface area contributed by atoms with Crippen molar-refractivity contribution in [2.45, 2.75) is 13.3 Å². The summed E-state index contributed by atoms with van der Waals surface area (Å²) in [6, 6.07) is 6.89. The van der Waals surface area contributed by atoms with Gasteiger partial charge in [-0.1, -0.05) is 6.07 Å². The van der Waals surface area contributed by atoms with Gasteiger partial charge in [0.25, 0.3) is 0 Å². The van der Waals surface area contributed by atoms with E-state index in [0.29, 0.717) is 30.9 Å². The van der Waals surface area contributed by atoms with E-state index < -0.39 is 10.0 Å². The van der Waals surface area contributed by atoms with Crippen LogP contribution < -0.4 is 10.0 Å². The third-order valence-electron chi connectivity index (χ3n) is 2.53. The van der Waals surface area contributed by atoms with Crippen molar-refractivity contribution in [3.63, 3.8) is 0 Å². The van der Waals surface area contributed by atoms with Crippen LogP contribution in [-0.2, 0) is 14.8 Å². The Hall–Kier alpha value is -1.27. The molecule has 2 N–H and O–H groups in total. The molecule has 1 aromatic carbocycles. The first-order chi connectivity index (χ1) is 8.51. The van der Waals surface area contributed by atoms with E-state index in [2.05, 4.69) is 0 Å². The van der Waals surface area contributed by atoms with Gasteiger partial charge in [0.2, 0.25) is 10.0 Å². The summed E-state index contributed by atoms with van der Waals surface area (Å²) in [6.45, 7) is 2.63. The fraction of sp³-hybridized carbons (Fsp3) is 0.500. The molecule has 0 radical (unpaired) electrons. The molecule has 18 heavy (non-hydrogen) atoms. The van der Waals surface area contributed by atoms with E-state index in [4.69, 9.17) is 10.5 Å². The molecule has 0 fully saturated rings. The number of hydrogen-bond donors (Lipinski definition) is 1. The topological polar surface area (TPSA) is 72.6 Å². The Kier molecular flexibility index (Phi) is 5.43. The van der Waals surface area contributed by atoms with Gasteiger partial charge in [0.1, 0.15) is 0 Å². The summed E-state index contributed by atoms with van der Waals surface area (Å²) in [5.41, 5.74) is 6.83. The van der Waals surface area contributed by atoms with Crippen molar-refractivity contribution >= 4 is 21.4 Å². The van der Waals surface area contributed by atoms with Crippen molar-refractivity contribution in [1.29, 1.82) is 0 Å². The van der Waals surface area contributed by atoms with Crippen LogP contribution in [0, 0.1) is 0 Å². The van der Waals surface area contributed by atoms with Gasteiger partial charge in [-0.2, -0.15) is 0 Å². The molecule has 5 nitrogen and oxygen atoms in total. The largest absolute Gasteiger partial charge is 0.399 e. The average Bonchev–Trinajstić information content (AvgIpc) is 2.29. The van der Waals surface area contributed by atoms with Crippen molar-refractivity contribution in [1.82, 2.24) is 0 Å². The monoisotopic (exact) mass is 272 g/mol.